The van der Waals surface area contributed by atoms with E-state index < -0.39 is 0 Å². The number of H-pyrrole nitrogens is 2. The lowest BCUT2D eigenvalue weighted by atomic mass is 10.0. The molecule has 5 rings (SSSR count). The highest BCUT2D eigenvalue weighted by atomic mass is 16.5. The maximum Gasteiger partial charge on any atom is 0.131 e. The predicted octanol–water partition coefficient (Wildman–Crippen LogP) is 2.22. The Morgan fingerprint density at radius 1 is 1.18 bits per heavy atom. The number of nitrogens with two attached hydrogens (primary N) is 1. The van der Waals surface area contributed by atoms with Gasteiger partial charge in [-0.05, 0) is 31.2 Å². The molecular formula is C19H20N8O. The first kappa shape index (κ1) is 16.7. The number of fused-ring (bicyclic) bond motifs is 1. The van der Waals surface area contributed by atoms with E-state index in [9.17, 15) is 0 Å². The summed E-state index contributed by atoms with van der Waals surface area (Å²) in [6.07, 6.45) is 3.39. The van der Waals surface area contributed by atoms with Crippen molar-refractivity contribution < 1.29 is 4.74 Å². The number of aromatic nitrogens is 6. The van der Waals surface area contributed by atoms with Crippen LogP contribution in [-0.4, -0.2) is 56.2 Å². The van der Waals surface area contributed by atoms with Crippen LogP contribution in [-0.2, 0) is 4.74 Å². The third-order valence-corrected chi connectivity index (χ3v) is 5.06. The molecule has 0 radical (unpaired) electrons. The summed E-state index contributed by atoms with van der Waals surface area (Å²) in [6.45, 7) is 4.25. The molecule has 28 heavy (non-hydrogen) atoms. The van der Waals surface area contributed by atoms with Crippen LogP contribution >= 0.6 is 0 Å². The molecule has 4 aromatic rings. The Morgan fingerprint density at radius 3 is 2.89 bits per heavy atom. The van der Waals surface area contributed by atoms with Crippen LogP contribution in [0.5, 0.6) is 0 Å². The normalized spacial score (nSPS) is 17.3. The number of morpholine rings is 1. The number of hydrogen-bond acceptors (Lipinski definition) is 7. The van der Waals surface area contributed by atoms with Crippen molar-refractivity contribution in [2.45, 2.75) is 13.0 Å². The van der Waals surface area contributed by atoms with Crippen molar-refractivity contribution in [3.05, 3.63) is 36.7 Å². The van der Waals surface area contributed by atoms with E-state index in [1.54, 1.807) is 12.4 Å². The number of nitrogens with one attached hydrogen (secondary N) is 2. The average Bonchev–Trinajstić information content (AvgIpc) is 3.37. The molecule has 0 aliphatic carbocycles. The van der Waals surface area contributed by atoms with Gasteiger partial charge < -0.3 is 15.4 Å². The summed E-state index contributed by atoms with van der Waals surface area (Å²) < 4.78 is 5.59. The highest BCUT2D eigenvalue weighted by Gasteiger charge is 2.24. The Kier molecular flexibility index (Phi) is 3.94. The summed E-state index contributed by atoms with van der Waals surface area (Å²) >= 11 is 0. The zero-order chi connectivity index (χ0) is 19.1. The van der Waals surface area contributed by atoms with Crippen LogP contribution in [0, 0.1) is 0 Å². The molecule has 9 heteroatoms. The van der Waals surface area contributed by atoms with Crippen LogP contribution in [0.15, 0.2) is 36.7 Å². The summed E-state index contributed by atoms with van der Waals surface area (Å²) in [5.74, 6) is 1.32. The smallest absolute Gasteiger partial charge is 0.131 e. The number of rotatable bonds is 3. The predicted molar refractivity (Wildman–Crippen MR) is 107 cm³/mol. The summed E-state index contributed by atoms with van der Waals surface area (Å²) in [6, 6.07) is 7.97. The Morgan fingerprint density at radius 2 is 2.11 bits per heavy atom. The summed E-state index contributed by atoms with van der Waals surface area (Å²) in [5.41, 5.74) is 11.0. The van der Waals surface area contributed by atoms with Crippen LogP contribution in [0.3, 0.4) is 0 Å². The number of hydrogen-bond donors (Lipinski definition) is 3. The largest absolute Gasteiger partial charge is 0.383 e. The lowest BCUT2D eigenvalue weighted by Crippen LogP contribution is -2.44. The minimum Gasteiger partial charge on any atom is -0.383 e. The molecule has 142 valence electrons. The van der Waals surface area contributed by atoms with Crippen LogP contribution in [0.2, 0.25) is 0 Å². The van der Waals surface area contributed by atoms with Gasteiger partial charge in [-0.3, -0.25) is 10.2 Å². The second kappa shape index (κ2) is 6.61. The third kappa shape index (κ3) is 2.67. The van der Waals surface area contributed by atoms with Crippen LogP contribution in [0.4, 0.5) is 11.6 Å². The third-order valence-electron chi connectivity index (χ3n) is 5.06. The molecule has 0 spiro atoms. The van der Waals surface area contributed by atoms with Gasteiger partial charge in [-0.1, -0.05) is 0 Å². The monoisotopic (exact) mass is 376 g/mol. The van der Waals surface area contributed by atoms with E-state index >= 15 is 0 Å². The van der Waals surface area contributed by atoms with E-state index in [0.29, 0.717) is 19.0 Å². The van der Waals surface area contributed by atoms with Crippen molar-refractivity contribution in [3.8, 4) is 22.5 Å². The maximum absolute atomic E-state index is 6.18. The first-order valence-corrected chi connectivity index (χ1v) is 9.16. The van der Waals surface area contributed by atoms with Gasteiger partial charge in [-0.2, -0.15) is 10.2 Å². The van der Waals surface area contributed by atoms with Crippen LogP contribution < -0.4 is 10.6 Å². The van der Waals surface area contributed by atoms with E-state index in [4.69, 9.17) is 15.5 Å². The summed E-state index contributed by atoms with van der Waals surface area (Å²) in [7, 11) is 0. The van der Waals surface area contributed by atoms with Gasteiger partial charge in [0.2, 0.25) is 0 Å². The topological polar surface area (TPSA) is 122 Å². The van der Waals surface area contributed by atoms with E-state index in [0.717, 1.165) is 45.9 Å². The van der Waals surface area contributed by atoms with Crippen molar-refractivity contribution in [3.63, 3.8) is 0 Å². The molecule has 1 fully saturated rings. The Bertz CT molecular complexity index is 1120. The number of ether oxygens (including phenoxy) is 1. The molecule has 9 nitrogen and oxygen atoms in total. The van der Waals surface area contributed by atoms with Gasteiger partial charge in [0.05, 0.1) is 24.9 Å². The van der Waals surface area contributed by atoms with Crippen molar-refractivity contribution in [1.29, 1.82) is 0 Å². The molecule has 1 aliphatic heterocycles. The first-order chi connectivity index (χ1) is 13.7. The fourth-order valence-corrected chi connectivity index (χ4v) is 3.63. The Labute approximate surface area is 160 Å². The van der Waals surface area contributed by atoms with Gasteiger partial charge in [0.25, 0.3) is 0 Å². The second-order valence-corrected chi connectivity index (χ2v) is 6.85. The van der Waals surface area contributed by atoms with E-state index in [-0.39, 0.29) is 6.04 Å². The Balaban J connectivity index is 1.77. The zero-order valence-corrected chi connectivity index (χ0v) is 15.4. The van der Waals surface area contributed by atoms with E-state index in [1.165, 1.54) is 0 Å². The van der Waals surface area contributed by atoms with E-state index in [1.807, 2.05) is 24.3 Å². The zero-order valence-electron chi connectivity index (χ0n) is 15.4. The second-order valence-electron chi connectivity index (χ2n) is 6.85. The van der Waals surface area contributed by atoms with Crippen molar-refractivity contribution >= 4 is 22.7 Å². The van der Waals surface area contributed by atoms with Crippen LogP contribution in [0.1, 0.15) is 6.92 Å². The van der Waals surface area contributed by atoms with Crippen molar-refractivity contribution in [2.24, 2.45) is 0 Å². The molecule has 0 bridgehead atoms. The van der Waals surface area contributed by atoms with Gasteiger partial charge in [-0.15, -0.1) is 0 Å². The molecule has 4 N–H and O–H groups in total. The number of anilines is 2. The molecule has 1 saturated heterocycles. The molecule has 5 heterocycles. The minimum absolute atomic E-state index is 0.223. The standard InChI is InChI=1S/C19H20N8O/c1-11-10-28-8-7-27(11)15-9-13(12-3-2-5-21-19(12)20)16-18(23-15)17(26-25-16)14-4-6-22-24-14/h2-6,9,11H,7-8,10H2,1H3,(H2,20,21)(H,22,24)(H,25,26)/t11-/m1/s1. The van der Waals surface area contributed by atoms with Crippen LogP contribution in [0.25, 0.3) is 33.5 Å². The average molecular weight is 376 g/mol. The molecule has 0 aromatic carbocycles. The summed E-state index contributed by atoms with van der Waals surface area (Å²) in [4.78, 5) is 11.4. The van der Waals surface area contributed by atoms with E-state index in [2.05, 4.69) is 37.2 Å². The maximum atomic E-state index is 6.18. The van der Waals surface area contributed by atoms with Crippen molar-refractivity contribution in [2.75, 3.05) is 30.4 Å². The molecule has 1 atom stereocenters. The van der Waals surface area contributed by atoms with Gasteiger partial charge in [0, 0.05) is 30.1 Å². The fraction of sp³-hybridized carbons (Fsp3) is 0.263. The fourth-order valence-electron chi connectivity index (χ4n) is 3.63. The highest BCUT2D eigenvalue weighted by Crippen LogP contribution is 2.36. The van der Waals surface area contributed by atoms with Gasteiger partial charge in [-0.25, -0.2) is 9.97 Å². The molecule has 0 amide bonds. The first-order valence-electron chi connectivity index (χ1n) is 9.16. The Hall–Kier alpha value is -3.46. The van der Waals surface area contributed by atoms with Gasteiger partial charge in [0.1, 0.15) is 28.4 Å². The number of aromatic amines is 2. The van der Waals surface area contributed by atoms with Gasteiger partial charge in [0.15, 0.2) is 0 Å². The molecule has 4 aromatic heterocycles. The van der Waals surface area contributed by atoms with Gasteiger partial charge >= 0.3 is 0 Å². The highest BCUT2D eigenvalue weighted by molar-refractivity contribution is 6.01. The summed E-state index contributed by atoms with van der Waals surface area (Å²) in [5, 5.41) is 14.7. The molecular weight excluding hydrogens is 356 g/mol. The number of nitrogens with zero attached hydrogens (tertiary/aromatic N) is 5. The minimum atomic E-state index is 0.223. The number of nitrogen functional groups attached to an aromatic ring is 1. The quantitative estimate of drug-likeness (QED) is 0.501. The lowest BCUT2D eigenvalue weighted by molar-refractivity contribution is 0.0986. The lowest BCUT2D eigenvalue weighted by Gasteiger charge is -2.34. The van der Waals surface area contributed by atoms with Crippen molar-refractivity contribution in [1.82, 2.24) is 30.4 Å². The molecule has 1 aliphatic rings. The molecule has 0 unspecified atom stereocenters. The number of pyridine rings is 2. The molecule has 0 saturated carbocycles. The SMILES string of the molecule is C[C@@H]1COCCN1c1cc(-c2cccnc2N)c2n[nH]c(-c3ccn[nH]3)c2n1.